The highest BCUT2D eigenvalue weighted by molar-refractivity contribution is 6.05. The normalized spacial score (nSPS) is 18.2. The minimum absolute atomic E-state index is 0.222. The lowest BCUT2D eigenvalue weighted by atomic mass is 10.1. The van der Waals surface area contributed by atoms with Crippen molar-refractivity contribution >= 4 is 33.9 Å². The van der Waals surface area contributed by atoms with Crippen LogP contribution in [0.15, 0.2) is 47.3 Å². The minimum Gasteiger partial charge on any atom is -0.497 e. The first-order valence-electron chi connectivity index (χ1n) is 12.3. The van der Waals surface area contributed by atoms with Crippen LogP contribution in [0.4, 0.5) is 17.1 Å². The summed E-state index contributed by atoms with van der Waals surface area (Å²) < 4.78 is 10.9. The number of rotatable bonds is 6. The Morgan fingerprint density at radius 1 is 1.08 bits per heavy atom. The van der Waals surface area contributed by atoms with Crippen LogP contribution >= 0.6 is 0 Å². The molecule has 2 aliphatic heterocycles. The van der Waals surface area contributed by atoms with Gasteiger partial charge < -0.3 is 34.5 Å². The topological polar surface area (TPSA) is 90.1 Å². The average molecular weight is 492 g/mol. The molecule has 2 aliphatic rings. The van der Waals surface area contributed by atoms with E-state index in [1.807, 2.05) is 30.3 Å². The van der Waals surface area contributed by atoms with Crippen molar-refractivity contribution in [2.75, 3.05) is 75.7 Å². The lowest BCUT2D eigenvalue weighted by Crippen LogP contribution is -2.36. The van der Waals surface area contributed by atoms with Crippen molar-refractivity contribution in [3.63, 3.8) is 0 Å². The van der Waals surface area contributed by atoms with Gasteiger partial charge in [0, 0.05) is 55.7 Å². The van der Waals surface area contributed by atoms with Gasteiger partial charge in [0.15, 0.2) is 5.43 Å². The fourth-order valence-corrected chi connectivity index (χ4v) is 4.95. The van der Waals surface area contributed by atoms with Crippen LogP contribution in [-0.2, 0) is 4.74 Å². The van der Waals surface area contributed by atoms with Crippen molar-refractivity contribution in [2.24, 2.45) is 0 Å². The number of H-pyrrole nitrogens is 1. The fraction of sp³-hybridized carbons (Fsp3) is 0.407. The summed E-state index contributed by atoms with van der Waals surface area (Å²) in [6, 6.07) is 13.2. The SMILES string of the molecule is COc1cc(N2CC[C@H](N(C)C)C2)c2[nH]c(C(=O)Nc3ccc(N4CCOCC4)cc3)cc(=O)c2c1. The summed E-state index contributed by atoms with van der Waals surface area (Å²) in [6.07, 6.45) is 1.02. The lowest BCUT2D eigenvalue weighted by molar-refractivity contribution is 0.102. The van der Waals surface area contributed by atoms with E-state index in [0.29, 0.717) is 28.4 Å². The molecule has 0 bridgehead atoms. The number of likely N-dealkylation sites (N-methyl/N-ethyl adjacent to an activating group) is 1. The second-order valence-corrected chi connectivity index (χ2v) is 9.57. The Bertz CT molecular complexity index is 1300. The standard InChI is InChI=1S/C27H33N5O4/c1-30(2)20-8-9-32(17-20)24-15-21(35-3)14-22-25(33)16-23(29-26(22)24)27(34)28-18-4-6-19(7-5-18)31-10-12-36-13-11-31/h4-7,14-16,20H,8-13,17H2,1-3H3,(H,28,34)(H,29,33)/t20-/m0/s1. The lowest BCUT2D eigenvalue weighted by Gasteiger charge is -2.28. The van der Waals surface area contributed by atoms with E-state index in [9.17, 15) is 9.59 Å². The number of aromatic amines is 1. The number of ether oxygens (including phenoxy) is 2. The summed E-state index contributed by atoms with van der Waals surface area (Å²) in [5, 5.41) is 3.42. The maximum Gasteiger partial charge on any atom is 0.272 e. The first-order chi connectivity index (χ1) is 17.4. The molecular formula is C27H33N5O4. The molecule has 5 rings (SSSR count). The Balaban J connectivity index is 1.42. The highest BCUT2D eigenvalue weighted by Crippen LogP contribution is 2.32. The van der Waals surface area contributed by atoms with Crippen molar-refractivity contribution in [3.8, 4) is 5.75 Å². The smallest absolute Gasteiger partial charge is 0.272 e. The van der Waals surface area contributed by atoms with Crippen molar-refractivity contribution in [1.29, 1.82) is 0 Å². The molecule has 190 valence electrons. The second-order valence-electron chi connectivity index (χ2n) is 9.57. The van der Waals surface area contributed by atoms with Crippen LogP contribution in [0.25, 0.3) is 10.9 Å². The second kappa shape index (κ2) is 10.2. The zero-order chi connectivity index (χ0) is 25.2. The van der Waals surface area contributed by atoms with Crippen LogP contribution < -0.4 is 25.3 Å². The molecule has 9 heteroatoms. The Morgan fingerprint density at radius 2 is 1.83 bits per heavy atom. The maximum atomic E-state index is 13.1. The van der Waals surface area contributed by atoms with Gasteiger partial charge in [-0.15, -0.1) is 0 Å². The highest BCUT2D eigenvalue weighted by atomic mass is 16.5. The van der Waals surface area contributed by atoms with Crippen LogP contribution in [0.3, 0.4) is 0 Å². The summed E-state index contributed by atoms with van der Waals surface area (Å²) in [6.45, 7) is 4.83. The Kier molecular flexibility index (Phi) is 6.84. The number of hydrogen-bond donors (Lipinski definition) is 2. The predicted octanol–water partition coefficient (Wildman–Crippen LogP) is 2.77. The zero-order valence-corrected chi connectivity index (χ0v) is 21.0. The van der Waals surface area contributed by atoms with Crippen LogP contribution in [0.2, 0.25) is 0 Å². The van der Waals surface area contributed by atoms with Gasteiger partial charge in [-0.1, -0.05) is 0 Å². The molecule has 2 aromatic carbocycles. The molecule has 3 aromatic rings. The number of benzene rings is 2. The van der Waals surface area contributed by atoms with Gasteiger partial charge in [-0.2, -0.15) is 0 Å². The largest absolute Gasteiger partial charge is 0.497 e. The number of fused-ring (bicyclic) bond motifs is 1. The number of nitrogens with one attached hydrogen (secondary N) is 2. The van der Waals surface area contributed by atoms with Gasteiger partial charge in [0.1, 0.15) is 11.4 Å². The Labute approximate surface area is 210 Å². The van der Waals surface area contributed by atoms with Gasteiger partial charge >= 0.3 is 0 Å². The number of anilines is 3. The highest BCUT2D eigenvalue weighted by Gasteiger charge is 2.26. The zero-order valence-electron chi connectivity index (χ0n) is 21.0. The Hall–Kier alpha value is -3.56. The van der Waals surface area contributed by atoms with Crippen molar-refractivity contribution < 1.29 is 14.3 Å². The quantitative estimate of drug-likeness (QED) is 0.548. The van der Waals surface area contributed by atoms with Crippen LogP contribution in [0, 0.1) is 0 Å². The number of carbonyl (C=O) groups is 1. The molecule has 1 aromatic heterocycles. The molecule has 0 unspecified atom stereocenters. The van der Waals surface area contributed by atoms with Crippen molar-refractivity contribution in [1.82, 2.24) is 9.88 Å². The average Bonchev–Trinajstić information content (AvgIpc) is 3.40. The van der Waals surface area contributed by atoms with Gasteiger partial charge in [0.05, 0.1) is 36.9 Å². The Morgan fingerprint density at radius 3 is 2.50 bits per heavy atom. The number of hydrogen-bond acceptors (Lipinski definition) is 7. The molecular weight excluding hydrogens is 458 g/mol. The monoisotopic (exact) mass is 491 g/mol. The molecule has 1 atom stereocenters. The van der Waals surface area contributed by atoms with E-state index in [1.54, 1.807) is 13.2 Å². The van der Waals surface area contributed by atoms with E-state index in [1.165, 1.54) is 6.07 Å². The molecule has 0 saturated carbocycles. The molecule has 2 fully saturated rings. The van der Waals surface area contributed by atoms with E-state index < -0.39 is 0 Å². The number of aromatic nitrogens is 1. The number of morpholine rings is 1. The first kappa shape index (κ1) is 24.1. The molecule has 3 heterocycles. The maximum absolute atomic E-state index is 13.1. The molecule has 2 N–H and O–H groups in total. The van der Waals surface area contributed by atoms with Crippen molar-refractivity contribution in [3.05, 3.63) is 58.4 Å². The molecule has 36 heavy (non-hydrogen) atoms. The summed E-state index contributed by atoms with van der Waals surface area (Å²) >= 11 is 0. The molecule has 0 spiro atoms. The van der Waals surface area contributed by atoms with Gasteiger partial charge in [0.2, 0.25) is 0 Å². The summed E-state index contributed by atoms with van der Waals surface area (Å²) in [5.41, 5.74) is 3.28. The van der Waals surface area contributed by atoms with Crippen LogP contribution in [0.1, 0.15) is 16.9 Å². The summed E-state index contributed by atoms with van der Waals surface area (Å²) in [7, 11) is 5.75. The number of nitrogens with zero attached hydrogens (tertiary/aromatic N) is 3. The van der Waals surface area contributed by atoms with Gasteiger partial charge in [-0.3, -0.25) is 9.59 Å². The van der Waals surface area contributed by atoms with E-state index in [-0.39, 0.29) is 17.0 Å². The first-order valence-corrected chi connectivity index (χ1v) is 12.3. The summed E-state index contributed by atoms with van der Waals surface area (Å²) in [5.74, 6) is 0.261. The fourth-order valence-electron chi connectivity index (χ4n) is 4.95. The van der Waals surface area contributed by atoms with Gasteiger partial charge in [-0.05, 0) is 50.8 Å². The number of methoxy groups -OCH3 is 1. The third-order valence-corrected chi connectivity index (χ3v) is 7.11. The predicted molar refractivity (Wildman–Crippen MR) is 143 cm³/mol. The van der Waals surface area contributed by atoms with Crippen LogP contribution in [0.5, 0.6) is 5.75 Å². The van der Waals surface area contributed by atoms with E-state index >= 15 is 0 Å². The van der Waals surface area contributed by atoms with Crippen molar-refractivity contribution in [2.45, 2.75) is 12.5 Å². The van der Waals surface area contributed by atoms with E-state index in [0.717, 1.165) is 57.2 Å². The van der Waals surface area contributed by atoms with Gasteiger partial charge in [-0.25, -0.2) is 0 Å². The van der Waals surface area contributed by atoms with Crippen LogP contribution in [-0.4, -0.2) is 82.4 Å². The third-order valence-electron chi connectivity index (χ3n) is 7.11. The van der Waals surface area contributed by atoms with E-state index in [2.05, 4.69) is 39.1 Å². The van der Waals surface area contributed by atoms with E-state index in [4.69, 9.17) is 9.47 Å². The molecule has 1 amide bonds. The number of carbonyl (C=O) groups excluding carboxylic acids is 1. The van der Waals surface area contributed by atoms with Gasteiger partial charge in [0.25, 0.3) is 5.91 Å². The molecule has 2 saturated heterocycles. The third kappa shape index (κ3) is 4.89. The number of amides is 1. The number of pyridine rings is 1. The molecule has 9 nitrogen and oxygen atoms in total. The minimum atomic E-state index is -0.359. The molecule has 0 aliphatic carbocycles. The molecule has 0 radical (unpaired) electrons. The summed E-state index contributed by atoms with van der Waals surface area (Å²) in [4.78, 5) is 36.2.